The molecule has 2 N–H and O–H groups in total. The maximum absolute atomic E-state index is 12.4. The second-order valence-corrected chi connectivity index (χ2v) is 5.24. The summed E-state index contributed by atoms with van der Waals surface area (Å²) in [4.78, 5) is 26.0. The summed E-state index contributed by atoms with van der Waals surface area (Å²) in [6, 6.07) is 7.09. The predicted molar refractivity (Wildman–Crippen MR) is 85.0 cm³/mol. The van der Waals surface area contributed by atoms with Crippen molar-refractivity contribution in [2.75, 3.05) is 45.2 Å². The number of nitrogens with zero attached hydrogens (tertiary/aromatic N) is 1. The number of carbonyl (C=O) groups is 2. The lowest BCUT2D eigenvalue weighted by molar-refractivity contribution is -0.116. The molecular weight excluding hydrogens is 282 g/mol. The van der Waals surface area contributed by atoms with Crippen molar-refractivity contribution >= 4 is 17.5 Å². The van der Waals surface area contributed by atoms with Gasteiger partial charge in [0.15, 0.2) is 0 Å². The lowest BCUT2D eigenvalue weighted by atomic mass is 10.1. The molecule has 0 unspecified atom stereocenters. The van der Waals surface area contributed by atoms with Gasteiger partial charge in [0.2, 0.25) is 5.91 Å². The first-order valence-corrected chi connectivity index (χ1v) is 7.62. The maximum atomic E-state index is 12.4. The Bertz CT molecular complexity index is 513. The minimum absolute atomic E-state index is 0.0189. The Morgan fingerprint density at radius 2 is 2.05 bits per heavy atom. The molecule has 0 radical (unpaired) electrons. The van der Waals surface area contributed by atoms with Crippen molar-refractivity contribution in [1.29, 1.82) is 0 Å². The van der Waals surface area contributed by atoms with Crippen LogP contribution in [-0.4, -0.2) is 56.6 Å². The lowest BCUT2D eigenvalue weighted by Gasteiger charge is -2.27. The highest BCUT2D eigenvalue weighted by Gasteiger charge is 2.18. The number of hydrogen-bond acceptors (Lipinski definition) is 4. The zero-order chi connectivity index (χ0) is 15.8. The normalized spacial score (nSPS) is 14.7. The van der Waals surface area contributed by atoms with Gasteiger partial charge in [-0.05, 0) is 38.2 Å². The zero-order valence-electron chi connectivity index (χ0n) is 12.9. The molecule has 6 heteroatoms. The monoisotopic (exact) mass is 305 g/mol. The molecule has 1 heterocycles. The number of ether oxygens (including phenoxy) is 1. The van der Waals surface area contributed by atoms with Gasteiger partial charge < -0.3 is 20.3 Å². The molecule has 1 saturated heterocycles. The molecule has 0 spiro atoms. The molecule has 0 aromatic heterocycles. The number of morpholine rings is 1. The van der Waals surface area contributed by atoms with Crippen LogP contribution in [0.3, 0.4) is 0 Å². The molecule has 1 aliphatic rings. The molecule has 1 aliphatic heterocycles. The predicted octanol–water partition coefficient (Wildman–Crippen LogP) is 1.10. The molecule has 120 valence electrons. The van der Waals surface area contributed by atoms with Crippen LogP contribution in [0.4, 0.5) is 5.69 Å². The Morgan fingerprint density at radius 1 is 1.27 bits per heavy atom. The summed E-state index contributed by atoms with van der Waals surface area (Å²) in [6.07, 6.45) is 1.25. The van der Waals surface area contributed by atoms with Gasteiger partial charge in [0.1, 0.15) is 0 Å². The van der Waals surface area contributed by atoms with E-state index in [1.165, 1.54) is 0 Å². The third-order valence-electron chi connectivity index (χ3n) is 3.52. The van der Waals surface area contributed by atoms with Crippen molar-refractivity contribution in [3.8, 4) is 0 Å². The Morgan fingerprint density at radius 3 is 2.77 bits per heavy atom. The number of amides is 2. The van der Waals surface area contributed by atoms with Gasteiger partial charge in [-0.3, -0.25) is 9.59 Å². The van der Waals surface area contributed by atoms with E-state index < -0.39 is 0 Å². The average Bonchev–Trinajstić information content (AvgIpc) is 2.55. The van der Waals surface area contributed by atoms with Gasteiger partial charge in [-0.1, -0.05) is 6.07 Å². The quantitative estimate of drug-likeness (QED) is 0.772. The molecule has 0 bridgehead atoms. The van der Waals surface area contributed by atoms with E-state index >= 15 is 0 Å². The van der Waals surface area contributed by atoms with Crippen LogP contribution in [0.15, 0.2) is 24.3 Å². The molecule has 0 atom stereocenters. The van der Waals surface area contributed by atoms with Crippen LogP contribution in [-0.2, 0) is 9.53 Å². The fourth-order valence-electron chi connectivity index (χ4n) is 2.33. The average molecular weight is 305 g/mol. The molecule has 0 saturated carbocycles. The van der Waals surface area contributed by atoms with Crippen LogP contribution in [0.5, 0.6) is 0 Å². The van der Waals surface area contributed by atoms with E-state index in [2.05, 4.69) is 10.6 Å². The number of rotatable bonds is 6. The van der Waals surface area contributed by atoms with Gasteiger partial charge in [-0.15, -0.1) is 0 Å². The molecule has 0 aliphatic carbocycles. The summed E-state index contributed by atoms with van der Waals surface area (Å²) in [6.45, 7) is 3.18. The summed E-state index contributed by atoms with van der Waals surface area (Å²) in [5.41, 5.74) is 1.25. The highest BCUT2D eigenvalue weighted by Crippen LogP contribution is 2.14. The Hall–Kier alpha value is -1.92. The van der Waals surface area contributed by atoms with Gasteiger partial charge in [0.05, 0.1) is 13.2 Å². The second-order valence-electron chi connectivity index (χ2n) is 5.24. The zero-order valence-corrected chi connectivity index (χ0v) is 12.9. The number of carbonyl (C=O) groups excluding carboxylic acids is 2. The standard InChI is InChI=1S/C16H23N3O3/c1-17-7-3-6-15(20)18-14-5-2-4-13(12-14)16(21)19-8-10-22-11-9-19/h2,4-5,12,17H,3,6-11H2,1H3,(H,18,20). The highest BCUT2D eigenvalue weighted by molar-refractivity contribution is 5.97. The largest absolute Gasteiger partial charge is 0.378 e. The molecular formula is C16H23N3O3. The van der Waals surface area contributed by atoms with Crippen LogP contribution in [0.1, 0.15) is 23.2 Å². The Balaban J connectivity index is 1.94. The van der Waals surface area contributed by atoms with E-state index in [0.29, 0.717) is 44.0 Å². The number of hydrogen-bond donors (Lipinski definition) is 2. The van der Waals surface area contributed by atoms with Crippen molar-refractivity contribution in [3.05, 3.63) is 29.8 Å². The molecule has 1 aromatic rings. The van der Waals surface area contributed by atoms with E-state index in [9.17, 15) is 9.59 Å². The topological polar surface area (TPSA) is 70.7 Å². The SMILES string of the molecule is CNCCCC(=O)Nc1cccc(C(=O)N2CCOCC2)c1. The summed E-state index contributed by atoms with van der Waals surface area (Å²) in [5.74, 6) is -0.0548. The van der Waals surface area contributed by atoms with Crippen molar-refractivity contribution in [3.63, 3.8) is 0 Å². The van der Waals surface area contributed by atoms with Gasteiger partial charge in [-0.25, -0.2) is 0 Å². The molecule has 2 rings (SSSR count). The van der Waals surface area contributed by atoms with Gasteiger partial charge in [0.25, 0.3) is 5.91 Å². The van der Waals surface area contributed by atoms with Gasteiger partial charge in [0, 0.05) is 30.8 Å². The first-order chi connectivity index (χ1) is 10.7. The summed E-state index contributed by atoms with van der Waals surface area (Å²) >= 11 is 0. The third kappa shape index (κ3) is 4.82. The summed E-state index contributed by atoms with van der Waals surface area (Å²) < 4.78 is 5.25. The van der Waals surface area contributed by atoms with E-state index in [4.69, 9.17) is 4.74 Å². The van der Waals surface area contributed by atoms with E-state index in [1.54, 1.807) is 29.2 Å². The van der Waals surface area contributed by atoms with Crippen molar-refractivity contribution < 1.29 is 14.3 Å². The van der Waals surface area contributed by atoms with Crippen molar-refractivity contribution in [2.45, 2.75) is 12.8 Å². The van der Waals surface area contributed by atoms with Crippen LogP contribution >= 0.6 is 0 Å². The summed E-state index contributed by atoms with van der Waals surface area (Å²) in [7, 11) is 1.86. The fraction of sp³-hybridized carbons (Fsp3) is 0.500. The lowest BCUT2D eigenvalue weighted by Crippen LogP contribution is -2.40. The first-order valence-electron chi connectivity index (χ1n) is 7.62. The molecule has 1 aromatic carbocycles. The van der Waals surface area contributed by atoms with Crippen LogP contribution in [0.2, 0.25) is 0 Å². The summed E-state index contributed by atoms with van der Waals surface area (Å²) in [5, 5.41) is 5.84. The molecule has 2 amide bonds. The van der Waals surface area contributed by atoms with Crippen LogP contribution in [0.25, 0.3) is 0 Å². The fourth-order valence-corrected chi connectivity index (χ4v) is 2.33. The number of anilines is 1. The minimum Gasteiger partial charge on any atom is -0.378 e. The van der Waals surface area contributed by atoms with Crippen LogP contribution < -0.4 is 10.6 Å². The Kier molecular flexibility index (Phi) is 6.36. The van der Waals surface area contributed by atoms with Crippen molar-refractivity contribution in [1.82, 2.24) is 10.2 Å². The first kappa shape index (κ1) is 16.5. The van der Waals surface area contributed by atoms with Gasteiger partial charge >= 0.3 is 0 Å². The highest BCUT2D eigenvalue weighted by atomic mass is 16.5. The maximum Gasteiger partial charge on any atom is 0.254 e. The third-order valence-corrected chi connectivity index (χ3v) is 3.52. The molecule has 22 heavy (non-hydrogen) atoms. The number of benzene rings is 1. The van der Waals surface area contributed by atoms with E-state index in [-0.39, 0.29) is 11.8 Å². The van der Waals surface area contributed by atoms with Crippen molar-refractivity contribution in [2.24, 2.45) is 0 Å². The number of nitrogens with one attached hydrogen (secondary N) is 2. The van der Waals surface area contributed by atoms with Gasteiger partial charge in [-0.2, -0.15) is 0 Å². The van der Waals surface area contributed by atoms with E-state index in [0.717, 1.165) is 13.0 Å². The molecule has 6 nitrogen and oxygen atoms in total. The molecule has 1 fully saturated rings. The minimum atomic E-state index is -0.0359. The smallest absolute Gasteiger partial charge is 0.254 e. The van der Waals surface area contributed by atoms with E-state index in [1.807, 2.05) is 7.05 Å². The second kappa shape index (κ2) is 8.51. The van der Waals surface area contributed by atoms with Crippen LogP contribution in [0, 0.1) is 0 Å². The Labute approximate surface area is 130 Å².